The van der Waals surface area contributed by atoms with Crippen LogP contribution in [0.5, 0.6) is 11.5 Å². The van der Waals surface area contributed by atoms with Gasteiger partial charge in [-0.2, -0.15) is 0 Å². The van der Waals surface area contributed by atoms with E-state index in [4.69, 9.17) is 21.7 Å². The molecule has 0 atom stereocenters. The summed E-state index contributed by atoms with van der Waals surface area (Å²) in [5, 5.41) is 3.47. The second kappa shape index (κ2) is 8.32. The Labute approximate surface area is 167 Å². The van der Waals surface area contributed by atoms with E-state index in [1.165, 1.54) is 30.5 Å². The second-order valence-corrected chi connectivity index (χ2v) is 7.69. The van der Waals surface area contributed by atoms with E-state index in [0.29, 0.717) is 53.1 Å². The van der Waals surface area contributed by atoms with Crippen LogP contribution in [0.15, 0.2) is 16.9 Å². The van der Waals surface area contributed by atoms with Gasteiger partial charge < -0.3 is 24.7 Å². The van der Waals surface area contributed by atoms with Crippen molar-refractivity contribution in [1.82, 2.24) is 14.9 Å². The molecule has 150 valence electrons. The first-order valence-electron chi connectivity index (χ1n) is 9.78. The predicted molar refractivity (Wildman–Crippen MR) is 107 cm³/mol. The number of fused-ring (bicyclic) bond motifs is 2. The van der Waals surface area contributed by atoms with E-state index in [1.54, 1.807) is 17.0 Å². The maximum absolute atomic E-state index is 12.8. The maximum Gasteiger partial charge on any atom is 0.262 e. The Morgan fingerprint density at radius 1 is 1.25 bits per heavy atom. The highest BCUT2D eigenvalue weighted by molar-refractivity contribution is 7.71. The number of nitrogens with one attached hydrogen (secondary N) is 3. The van der Waals surface area contributed by atoms with E-state index in [9.17, 15) is 9.59 Å². The van der Waals surface area contributed by atoms with Gasteiger partial charge in [-0.3, -0.25) is 14.2 Å². The number of likely N-dealkylation sites (tertiary alicyclic amines) is 1. The van der Waals surface area contributed by atoms with Crippen LogP contribution in [-0.2, 0) is 11.3 Å². The minimum Gasteiger partial charge on any atom is -0.454 e. The number of H-pyrrole nitrogens is 1. The van der Waals surface area contributed by atoms with Crippen LogP contribution < -0.4 is 25.2 Å². The molecule has 1 saturated heterocycles. The number of benzene rings is 1. The molecule has 0 spiro atoms. The van der Waals surface area contributed by atoms with Crippen molar-refractivity contribution in [3.8, 4) is 11.5 Å². The summed E-state index contributed by atoms with van der Waals surface area (Å²) in [6.07, 6.45) is 3.49. The second-order valence-electron chi connectivity index (χ2n) is 7.30. The molecule has 4 rings (SSSR count). The Kier molecular flexibility index (Phi) is 5.63. The Morgan fingerprint density at radius 3 is 2.79 bits per heavy atom. The van der Waals surface area contributed by atoms with Gasteiger partial charge in [0, 0.05) is 31.9 Å². The number of carbonyl (C=O) groups excluding carboxylic acids is 1. The van der Waals surface area contributed by atoms with Crippen LogP contribution in [0.2, 0.25) is 0 Å². The lowest BCUT2D eigenvalue weighted by Gasteiger charge is -2.12. The van der Waals surface area contributed by atoms with E-state index >= 15 is 0 Å². The summed E-state index contributed by atoms with van der Waals surface area (Å²) in [4.78, 5) is 29.5. The first-order chi connectivity index (χ1) is 13.6. The number of carbonyl (C=O) groups is 1. The Balaban J connectivity index is 1.35. The predicted octanol–water partition coefficient (Wildman–Crippen LogP) is 0.363. The SMILES string of the molecule is O=C(CCCn1c(=S)[nH]c2cc3c(cc2c1=O)OCO3)NCC[NH+]1CCCC1. The minimum atomic E-state index is -0.185. The van der Waals surface area contributed by atoms with E-state index in [2.05, 4.69) is 10.3 Å². The van der Waals surface area contributed by atoms with Crippen LogP contribution in [0, 0.1) is 4.77 Å². The third-order valence-electron chi connectivity index (χ3n) is 5.37. The molecule has 2 aliphatic heterocycles. The van der Waals surface area contributed by atoms with Crippen LogP contribution in [-0.4, -0.2) is 48.4 Å². The van der Waals surface area contributed by atoms with E-state index in [0.717, 1.165) is 6.54 Å². The van der Waals surface area contributed by atoms with Gasteiger partial charge in [0.05, 0.1) is 37.1 Å². The van der Waals surface area contributed by atoms with Crippen LogP contribution in [0.25, 0.3) is 10.9 Å². The zero-order valence-electron chi connectivity index (χ0n) is 15.7. The van der Waals surface area contributed by atoms with Crippen molar-refractivity contribution >= 4 is 29.0 Å². The highest BCUT2D eigenvalue weighted by Crippen LogP contribution is 2.34. The van der Waals surface area contributed by atoms with E-state index in [-0.39, 0.29) is 18.3 Å². The molecule has 2 aliphatic rings. The average Bonchev–Trinajstić information content (AvgIpc) is 3.34. The normalized spacial score (nSPS) is 16.0. The van der Waals surface area contributed by atoms with Gasteiger partial charge in [-0.1, -0.05) is 0 Å². The molecule has 0 radical (unpaired) electrons. The maximum atomic E-state index is 12.8. The summed E-state index contributed by atoms with van der Waals surface area (Å²) in [5.41, 5.74) is 0.438. The number of nitrogens with zero attached hydrogens (tertiary/aromatic N) is 1. The number of ether oxygens (including phenoxy) is 2. The van der Waals surface area contributed by atoms with Gasteiger partial charge in [0.1, 0.15) is 0 Å². The van der Waals surface area contributed by atoms with Crippen LogP contribution in [0.3, 0.4) is 0 Å². The van der Waals surface area contributed by atoms with Crippen molar-refractivity contribution in [2.45, 2.75) is 32.2 Å². The quantitative estimate of drug-likeness (QED) is 0.579. The summed E-state index contributed by atoms with van der Waals surface area (Å²) in [5.74, 6) is 1.18. The van der Waals surface area contributed by atoms with Crippen molar-refractivity contribution in [1.29, 1.82) is 0 Å². The zero-order valence-corrected chi connectivity index (χ0v) is 16.5. The number of hydrogen-bond acceptors (Lipinski definition) is 5. The smallest absolute Gasteiger partial charge is 0.262 e. The third kappa shape index (κ3) is 4.05. The lowest BCUT2D eigenvalue weighted by Crippen LogP contribution is -3.10. The van der Waals surface area contributed by atoms with Crippen molar-refractivity contribution in [3.63, 3.8) is 0 Å². The number of rotatable bonds is 7. The van der Waals surface area contributed by atoms with Gasteiger partial charge in [-0.25, -0.2) is 0 Å². The van der Waals surface area contributed by atoms with E-state index < -0.39 is 0 Å². The lowest BCUT2D eigenvalue weighted by atomic mass is 10.2. The Morgan fingerprint density at radius 2 is 2.00 bits per heavy atom. The summed E-state index contributed by atoms with van der Waals surface area (Å²) in [7, 11) is 0. The zero-order chi connectivity index (χ0) is 19.5. The molecule has 9 heteroatoms. The molecule has 1 fully saturated rings. The Bertz CT molecular complexity index is 994. The molecule has 0 bridgehead atoms. The van der Waals surface area contributed by atoms with Crippen LogP contribution in [0.1, 0.15) is 25.7 Å². The third-order valence-corrected chi connectivity index (χ3v) is 5.69. The van der Waals surface area contributed by atoms with Gasteiger partial charge >= 0.3 is 0 Å². The largest absolute Gasteiger partial charge is 0.454 e. The molecule has 1 amide bonds. The van der Waals surface area contributed by atoms with Crippen molar-refractivity contribution in [2.24, 2.45) is 0 Å². The van der Waals surface area contributed by atoms with Gasteiger partial charge in [0.2, 0.25) is 12.7 Å². The molecule has 3 heterocycles. The number of aromatic amines is 1. The summed E-state index contributed by atoms with van der Waals surface area (Å²) >= 11 is 5.34. The molecule has 0 aliphatic carbocycles. The molecule has 3 N–H and O–H groups in total. The number of amides is 1. The molecule has 0 unspecified atom stereocenters. The highest BCUT2D eigenvalue weighted by Gasteiger charge is 2.17. The minimum absolute atomic E-state index is 0.0192. The number of aromatic nitrogens is 2. The van der Waals surface area contributed by atoms with Gasteiger partial charge in [-0.05, 0) is 24.7 Å². The first-order valence-corrected chi connectivity index (χ1v) is 10.2. The molecule has 1 aromatic carbocycles. The standard InChI is InChI=1S/C19H24N4O4S/c24-17(20-5-9-22-6-1-2-7-22)4-3-8-23-18(25)13-10-15-16(27-12-26-15)11-14(13)21-19(23)28/h10-11H,1-9,12H2,(H,20,24)(H,21,28)/p+1. The van der Waals surface area contributed by atoms with Gasteiger partial charge in [0.15, 0.2) is 16.3 Å². The number of hydrogen-bond donors (Lipinski definition) is 3. The summed E-state index contributed by atoms with van der Waals surface area (Å²) in [6.45, 7) is 4.64. The van der Waals surface area contributed by atoms with Crippen molar-refractivity contribution < 1.29 is 19.2 Å². The summed E-state index contributed by atoms with van der Waals surface area (Å²) in [6, 6.07) is 3.41. The monoisotopic (exact) mass is 405 g/mol. The highest BCUT2D eigenvalue weighted by atomic mass is 32.1. The van der Waals surface area contributed by atoms with Gasteiger partial charge in [-0.15, -0.1) is 0 Å². The number of quaternary nitrogens is 1. The fraction of sp³-hybridized carbons (Fsp3) is 0.526. The average molecular weight is 406 g/mol. The topological polar surface area (TPSA) is 89.8 Å². The molecule has 8 nitrogen and oxygen atoms in total. The molecular weight excluding hydrogens is 380 g/mol. The van der Waals surface area contributed by atoms with Crippen molar-refractivity contribution in [3.05, 3.63) is 27.3 Å². The van der Waals surface area contributed by atoms with E-state index in [1.807, 2.05) is 0 Å². The summed E-state index contributed by atoms with van der Waals surface area (Å²) < 4.78 is 12.5. The molecule has 0 saturated carbocycles. The first kappa shape index (κ1) is 18.9. The van der Waals surface area contributed by atoms with Crippen LogP contribution >= 0.6 is 12.2 Å². The molecule has 28 heavy (non-hydrogen) atoms. The van der Waals surface area contributed by atoms with Crippen LogP contribution in [0.4, 0.5) is 0 Å². The lowest BCUT2D eigenvalue weighted by molar-refractivity contribution is -0.886. The fourth-order valence-electron chi connectivity index (χ4n) is 3.84. The molecule has 2 aromatic rings. The molecular formula is C19H25N4O4S+. The fourth-order valence-corrected chi connectivity index (χ4v) is 4.12. The van der Waals surface area contributed by atoms with Crippen molar-refractivity contribution in [2.75, 3.05) is 33.0 Å². The Hall–Kier alpha value is -2.39. The van der Waals surface area contributed by atoms with Gasteiger partial charge in [0.25, 0.3) is 5.56 Å². The molecule has 1 aromatic heterocycles.